The Hall–Kier alpha value is -2.64. The maximum atomic E-state index is 11.2. The number of hydrazine groups is 2. The van der Waals surface area contributed by atoms with Gasteiger partial charge in [-0.25, -0.2) is 24.8 Å². The number of allylic oxidation sites excluding steroid dienone is 1. The third-order valence-electron chi connectivity index (χ3n) is 2.53. The van der Waals surface area contributed by atoms with E-state index in [9.17, 15) is 14.7 Å². The number of rotatable bonds is 5. The fraction of sp³-hybridized carbons (Fsp3) is 0.462. The van der Waals surface area contributed by atoms with Crippen molar-refractivity contribution < 1.29 is 24.2 Å². The summed E-state index contributed by atoms with van der Waals surface area (Å²) in [5.41, 5.74) is 4.08. The van der Waals surface area contributed by atoms with Crippen LogP contribution in [0, 0.1) is 5.41 Å². The van der Waals surface area contributed by atoms with E-state index in [2.05, 4.69) is 12.0 Å². The van der Waals surface area contributed by atoms with E-state index in [-0.39, 0.29) is 24.8 Å². The maximum absolute atomic E-state index is 11.2. The van der Waals surface area contributed by atoms with Crippen molar-refractivity contribution >= 4 is 18.1 Å². The SMILES string of the molecule is C=C(C)C(=O)OCCN(C(=O)O)N1NC(C)=CC1C.N=C=O. The molecule has 3 N–H and O–H groups in total. The molecular formula is C13H20N4O5. The predicted molar refractivity (Wildman–Crippen MR) is 77.1 cm³/mol. The molecule has 0 saturated heterocycles. The van der Waals surface area contributed by atoms with Crippen LogP contribution in [0.25, 0.3) is 0 Å². The van der Waals surface area contributed by atoms with E-state index in [1.54, 1.807) is 0 Å². The van der Waals surface area contributed by atoms with Gasteiger partial charge in [-0.05, 0) is 26.8 Å². The lowest BCUT2D eigenvalue weighted by Crippen LogP contribution is -2.54. The molecule has 1 atom stereocenters. The molecule has 0 fully saturated rings. The number of nitrogens with zero attached hydrogens (tertiary/aromatic N) is 2. The third-order valence-corrected chi connectivity index (χ3v) is 2.53. The summed E-state index contributed by atoms with van der Waals surface area (Å²) in [6, 6.07) is -0.0899. The van der Waals surface area contributed by atoms with Crippen molar-refractivity contribution in [2.24, 2.45) is 0 Å². The number of carbonyl (C=O) groups is 2. The van der Waals surface area contributed by atoms with E-state index in [1.165, 1.54) is 12.0 Å². The van der Waals surface area contributed by atoms with E-state index in [0.29, 0.717) is 0 Å². The van der Waals surface area contributed by atoms with Crippen LogP contribution in [0.3, 0.4) is 0 Å². The third kappa shape index (κ3) is 6.21. The Labute approximate surface area is 128 Å². The molecule has 0 radical (unpaired) electrons. The summed E-state index contributed by atoms with van der Waals surface area (Å²) in [4.78, 5) is 30.8. The summed E-state index contributed by atoms with van der Waals surface area (Å²) in [7, 11) is 0. The number of ether oxygens (including phenoxy) is 1. The molecule has 1 aliphatic heterocycles. The van der Waals surface area contributed by atoms with E-state index >= 15 is 0 Å². The first-order valence-corrected chi connectivity index (χ1v) is 6.35. The quantitative estimate of drug-likeness (QED) is 0.299. The van der Waals surface area contributed by atoms with E-state index < -0.39 is 12.1 Å². The molecule has 1 amide bonds. The molecular weight excluding hydrogens is 292 g/mol. The molecule has 1 unspecified atom stereocenters. The summed E-state index contributed by atoms with van der Waals surface area (Å²) in [5, 5.41) is 17.1. The molecule has 0 aromatic heterocycles. The number of amides is 1. The molecule has 0 aromatic carbocycles. The number of hydrogen-bond acceptors (Lipinski definition) is 7. The van der Waals surface area contributed by atoms with Crippen LogP contribution in [-0.4, -0.2) is 52.6 Å². The van der Waals surface area contributed by atoms with Gasteiger partial charge < -0.3 is 15.3 Å². The van der Waals surface area contributed by atoms with Gasteiger partial charge in [0.25, 0.3) is 0 Å². The van der Waals surface area contributed by atoms with Crippen molar-refractivity contribution in [1.29, 1.82) is 5.41 Å². The Kier molecular flexibility index (Phi) is 8.21. The van der Waals surface area contributed by atoms with E-state index in [4.69, 9.17) is 14.9 Å². The second-order valence-corrected chi connectivity index (χ2v) is 4.47. The highest BCUT2D eigenvalue weighted by Crippen LogP contribution is 2.13. The maximum Gasteiger partial charge on any atom is 0.423 e. The highest BCUT2D eigenvalue weighted by Gasteiger charge is 2.28. The van der Waals surface area contributed by atoms with Gasteiger partial charge in [-0.3, -0.25) is 0 Å². The second-order valence-electron chi connectivity index (χ2n) is 4.47. The topological polar surface area (TPSA) is 123 Å². The number of isocyanates is 1. The van der Waals surface area contributed by atoms with Crippen LogP contribution in [0.15, 0.2) is 23.9 Å². The Balaban J connectivity index is 0.00000135. The number of esters is 1. The van der Waals surface area contributed by atoms with Crippen molar-refractivity contribution in [1.82, 2.24) is 15.6 Å². The minimum Gasteiger partial charge on any atom is -0.464 e. The first kappa shape index (κ1) is 19.4. The Bertz CT molecular complexity index is 497. The lowest BCUT2D eigenvalue weighted by atomic mass is 10.3. The molecule has 1 aliphatic rings. The van der Waals surface area contributed by atoms with Gasteiger partial charge >= 0.3 is 12.1 Å². The first-order chi connectivity index (χ1) is 10.2. The van der Waals surface area contributed by atoms with Crippen molar-refractivity contribution in [3.63, 3.8) is 0 Å². The Morgan fingerprint density at radius 3 is 2.55 bits per heavy atom. The number of hydrogen-bond donors (Lipinski definition) is 3. The van der Waals surface area contributed by atoms with Gasteiger partial charge in [0.05, 0.1) is 12.6 Å². The highest BCUT2D eigenvalue weighted by molar-refractivity contribution is 5.86. The molecule has 22 heavy (non-hydrogen) atoms. The summed E-state index contributed by atoms with van der Waals surface area (Å²) in [6.07, 6.45) is 1.53. The summed E-state index contributed by atoms with van der Waals surface area (Å²) in [6.45, 7) is 8.72. The van der Waals surface area contributed by atoms with Gasteiger partial charge in [-0.15, -0.1) is 5.12 Å². The lowest BCUT2D eigenvalue weighted by molar-refractivity contribution is -0.141. The fourth-order valence-corrected chi connectivity index (χ4v) is 1.68. The largest absolute Gasteiger partial charge is 0.464 e. The van der Waals surface area contributed by atoms with Gasteiger partial charge in [-0.1, -0.05) is 6.58 Å². The number of carboxylic acid groups (broad SMARTS) is 1. The fourth-order valence-electron chi connectivity index (χ4n) is 1.68. The average molecular weight is 312 g/mol. The van der Waals surface area contributed by atoms with Crippen molar-refractivity contribution in [2.45, 2.75) is 26.8 Å². The van der Waals surface area contributed by atoms with Gasteiger partial charge in [-0.2, -0.15) is 0 Å². The lowest BCUT2D eigenvalue weighted by Gasteiger charge is -2.32. The zero-order valence-corrected chi connectivity index (χ0v) is 12.8. The second kappa shape index (κ2) is 9.32. The van der Waals surface area contributed by atoms with Crippen molar-refractivity contribution in [3.8, 4) is 0 Å². The zero-order chi connectivity index (χ0) is 17.3. The first-order valence-electron chi connectivity index (χ1n) is 6.35. The molecule has 0 saturated carbocycles. The molecule has 0 aliphatic carbocycles. The molecule has 1 rings (SSSR count). The van der Waals surface area contributed by atoms with Crippen LogP contribution in [-0.2, 0) is 14.3 Å². The van der Waals surface area contributed by atoms with Gasteiger partial charge in [0.15, 0.2) is 0 Å². The van der Waals surface area contributed by atoms with Gasteiger partial charge in [0.2, 0.25) is 6.08 Å². The Morgan fingerprint density at radius 2 is 2.18 bits per heavy atom. The van der Waals surface area contributed by atoms with E-state index in [0.717, 1.165) is 16.8 Å². The smallest absolute Gasteiger partial charge is 0.423 e. The summed E-state index contributed by atoms with van der Waals surface area (Å²) >= 11 is 0. The zero-order valence-electron chi connectivity index (χ0n) is 12.8. The van der Waals surface area contributed by atoms with Crippen LogP contribution in [0.4, 0.5) is 4.79 Å². The number of nitrogens with one attached hydrogen (secondary N) is 2. The van der Waals surface area contributed by atoms with Crippen LogP contribution in [0.2, 0.25) is 0 Å². The standard InChI is InChI=1S/C12H19N3O4.CHNO/c1-8(2)11(16)19-6-5-14(12(17)18)15-10(4)7-9(3)13-15;2-1-3/h7,10,13H,1,5-6H2,2-4H3,(H,17,18);2H. The van der Waals surface area contributed by atoms with Crippen LogP contribution >= 0.6 is 0 Å². The molecule has 0 spiro atoms. The predicted octanol–water partition coefficient (Wildman–Crippen LogP) is 1.01. The molecule has 122 valence electrons. The monoisotopic (exact) mass is 312 g/mol. The molecule has 0 aromatic rings. The molecule has 0 bridgehead atoms. The summed E-state index contributed by atoms with van der Waals surface area (Å²) < 4.78 is 4.89. The average Bonchev–Trinajstić information content (AvgIpc) is 2.73. The minimum absolute atomic E-state index is 0.0259. The van der Waals surface area contributed by atoms with Crippen LogP contribution in [0.1, 0.15) is 20.8 Å². The van der Waals surface area contributed by atoms with Crippen molar-refractivity contribution in [2.75, 3.05) is 13.2 Å². The van der Waals surface area contributed by atoms with Crippen LogP contribution in [0.5, 0.6) is 0 Å². The highest BCUT2D eigenvalue weighted by atomic mass is 16.5. The molecule has 9 heteroatoms. The minimum atomic E-state index is -1.12. The normalized spacial score (nSPS) is 16.3. The van der Waals surface area contributed by atoms with Crippen molar-refractivity contribution in [3.05, 3.63) is 23.9 Å². The van der Waals surface area contributed by atoms with Crippen LogP contribution < -0.4 is 5.43 Å². The van der Waals surface area contributed by atoms with Gasteiger partial charge in [0, 0.05) is 11.3 Å². The number of carbonyl (C=O) groups excluding carboxylic acids is 2. The molecule has 1 heterocycles. The molecule has 9 nitrogen and oxygen atoms in total. The summed E-state index contributed by atoms with van der Waals surface area (Å²) in [5.74, 6) is -0.526. The van der Waals surface area contributed by atoms with Gasteiger partial charge in [0.1, 0.15) is 6.61 Å². The van der Waals surface area contributed by atoms with E-state index in [1.807, 2.05) is 19.9 Å². The Morgan fingerprint density at radius 1 is 1.64 bits per heavy atom.